The van der Waals surface area contributed by atoms with Crippen molar-refractivity contribution in [3.05, 3.63) is 0 Å². The maximum absolute atomic E-state index is 12.7. The highest BCUT2D eigenvalue weighted by Gasteiger charge is 2.34. The fourth-order valence-electron chi connectivity index (χ4n) is 4.54. The number of nitrogens with two attached hydrogens (primary N) is 1. The van der Waals surface area contributed by atoms with Crippen LogP contribution in [0.3, 0.4) is 0 Å². The van der Waals surface area contributed by atoms with E-state index in [1.807, 2.05) is 4.90 Å². The molecule has 2 heterocycles. The fraction of sp³-hybridized carbons (Fsp3) is 0.895. The van der Waals surface area contributed by atoms with Crippen LogP contribution in [0.15, 0.2) is 0 Å². The molecule has 2 saturated heterocycles. The molecule has 0 bridgehead atoms. The largest absolute Gasteiger partial charge is 0.342 e. The van der Waals surface area contributed by atoms with Crippen molar-refractivity contribution in [2.24, 2.45) is 23.5 Å². The van der Waals surface area contributed by atoms with E-state index in [4.69, 9.17) is 5.73 Å². The fourth-order valence-corrected chi connectivity index (χ4v) is 4.54. The van der Waals surface area contributed by atoms with E-state index in [1.54, 1.807) is 0 Å². The Hall–Kier alpha value is -1.10. The summed E-state index contributed by atoms with van der Waals surface area (Å²) < 4.78 is 0. The Morgan fingerprint density at radius 3 is 1.92 bits per heavy atom. The second kappa shape index (κ2) is 7.85. The molecule has 3 fully saturated rings. The number of hydrogen-bond acceptors (Lipinski definition) is 3. The Balaban J connectivity index is 1.46. The van der Waals surface area contributed by atoms with Crippen LogP contribution < -0.4 is 5.73 Å². The van der Waals surface area contributed by atoms with Crippen molar-refractivity contribution < 1.29 is 9.59 Å². The van der Waals surface area contributed by atoms with Crippen LogP contribution >= 0.6 is 0 Å². The summed E-state index contributed by atoms with van der Waals surface area (Å²) in [5, 5.41) is 0. The summed E-state index contributed by atoms with van der Waals surface area (Å²) in [5.74, 6) is 1.59. The zero-order chi connectivity index (χ0) is 17.1. The molecule has 2 amide bonds. The van der Waals surface area contributed by atoms with Gasteiger partial charge in [-0.25, -0.2) is 0 Å². The summed E-state index contributed by atoms with van der Waals surface area (Å²) >= 11 is 0. The van der Waals surface area contributed by atoms with Crippen LogP contribution in [0.5, 0.6) is 0 Å². The molecule has 5 heteroatoms. The Labute approximate surface area is 145 Å². The average Bonchev–Trinajstić information content (AvgIpc) is 2.61. The van der Waals surface area contributed by atoms with Gasteiger partial charge in [-0.2, -0.15) is 0 Å². The first kappa shape index (κ1) is 17.7. The predicted molar refractivity (Wildman–Crippen MR) is 94.2 cm³/mol. The average molecular weight is 335 g/mol. The Morgan fingerprint density at radius 1 is 0.792 bits per heavy atom. The summed E-state index contributed by atoms with van der Waals surface area (Å²) in [5.41, 5.74) is 6.03. The Kier molecular flexibility index (Phi) is 5.80. The minimum atomic E-state index is 0.115. The van der Waals surface area contributed by atoms with Gasteiger partial charge in [0.2, 0.25) is 11.8 Å². The number of amides is 2. The molecule has 0 aromatic heterocycles. The van der Waals surface area contributed by atoms with Crippen molar-refractivity contribution in [1.29, 1.82) is 0 Å². The highest BCUT2D eigenvalue weighted by Crippen LogP contribution is 2.28. The predicted octanol–water partition coefficient (Wildman–Crippen LogP) is 2.00. The first-order valence-corrected chi connectivity index (χ1v) is 9.87. The zero-order valence-electron chi connectivity index (χ0n) is 15.1. The molecule has 0 aromatic carbocycles. The maximum atomic E-state index is 12.7. The van der Waals surface area contributed by atoms with E-state index in [-0.39, 0.29) is 23.8 Å². The number of likely N-dealkylation sites (tertiary alicyclic amines) is 2. The minimum absolute atomic E-state index is 0.115. The lowest BCUT2D eigenvalue weighted by Gasteiger charge is -2.38. The first-order chi connectivity index (χ1) is 11.5. The second-order valence-corrected chi connectivity index (χ2v) is 8.23. The number of carbonyl (C=O) groups is 2. The third kappa shape index (κ3) is 4.11. The molecule has 136 valence electrons. The van der Waals surface area contributed by atoms with Gasteiger partial charge < -0.3 is 15.5 Å². The number of rotatable bonds is 2. The van der Waals surface area contributed by atoms with Gasteiger partial charge in [0.05, 0.1) is 0 Å². The lowest BCUT2D eigenvalue weighted by atomic mass is 9.84. The number of hydrogen-bond donors (Lipinski definition) is 1. The number of nitrogens with zero attached hydrogens (tertiary/aromatic N) is 2. The van der Waals surface area contributed by atoms with Gasteiger partial charge >= 0.3 is 0 Å². The van der Waals surface area contributed by atoms with Crippen molar-refractivity contribution >= 4 is 11.8 Å². The van der Waals surface area contributed by atoms with Gasteiger partial charge in [-0.05, 0) is 50.9 Å². The standard InChI is InChI=1S/C19H33N3O2/c1-14-5-9-21(10-6-14)18(23)15-7-11-22(12-8-15)19(24)16-3-2-4-17(20)13-16/h14-17H,2-13,20H2,1H3. The van der Waals surface area contributed by atoms with Gasteiger partial charge in [0, 0.05) is 44.1 Å². The quantitative estimate of drug-likeness (QED) is 0.839. The monoisotopic (exact) mass is 335 g/mol. The lowest BCUT2D eigenvalue weighted by Crippen LogP contribution is -2.48. The van der Waals surface area contributed by atoms with Gasteiger partial charge in [0.15, 0.2) is 0 Å². The Bertz CT molecular complexity index is 452. The summed E-state index contributed by atoms with van der Waals surface area (Å²) in [7, 11) is 0. The number of carbonyl (C=O) groups excluding carboxylic acids is 2. The Morgan fingerprint density at radius 2 is 1.33 bits per heavy atom. The smallest absolute Gasteiger partial charge is 0.225 e. The molecule has 2 unspecified atom stereocenters. The molecule has 2 atom stereocenters. The van der Waals surface area contributed by atoms with Gasteiger partial charge in [0.25, 0.3) is 0 Å². The molecule has 3 rings (SSSR count). The van der Waals surface area contributed by atoms with Gasteiger partial charge in [-0.15, -0.1) is 0 Å². The SMILES string of the molecule is CC1CCN(C(=O)C2CCN(C(=O)C3CCCC(N)C3)CC2)CC1. The van der Waals surface area contributed by atoms with E-state index in [0.717, 1.165) is 83.5 Å². The summed E-state index contributed by atoms with van der Waals surface area (Å²) in [6, 6.07) is 0.188. The van der Waals surface area contributed by atoms with E-state index in [1.165, 1.54) is 0 Å². The van der Waals surface area contributed by atoms with E-state index in [0.29, 0.717) is 5.91 Å². The highest BCUT2D eigenvalue weighted by molar-refractivity contribution is 5.81. The third-order valence-corrected chi connectivity index (χ3v) is 6.32. The molecule has 1 saturated carbocycles. The van der Waals surface area contributed by atoms with Crippen molar-refractivity contribution in [1.82, 2.24) is 9.80 Å². The van der Waals surface area contributed by atoms with Crippen molar-refractivity contribution in [3.8, 4) is 0 Å². The summed E-state index contributed by atoms with van der Waals surface area (Å²) in [6.45, 7) is 5.58. The molecule has 0 aromatic rings. The molecule has 2 aliphatic heterocycles. The van der Waals surface area contributed by atoms with E-state index in [2.05, 4.69) is 11.8 Å². The molecular weight excluding hydrogens is 302 g/mol. The lowest BCUT2D eigenvalue weighted by molar-refractivity contribution is -0.144. The van der Waals surface area contributed by atoms with Crippen LogP contribution in [-0.2, 0) is 9.59 Å². The molecule has 3 aliphatic rings. The third-order valence-electron chi connectivity index (χ3n) is 6.32. The van der Waals surface area contributed by atoms with Gasteiger partial charge in [-0.3, -0.25) is 9.59 Å². The maximum Gasteiger partial charge on any atom is 0.225 e. The molecule has 0 spiro atoms. The van der Waals surface area contributed by atoms with Crippen LogP contribution in [0.2, 0.25) is 0 Å². The van der Waals surface area contributed by atoms with Crippen molar-refractivity contribution in [3.63, 3.8) is 0 Å². The number of piperidine rings is 2. The topological polar surface area (TPSA) is 66.6 Å². The van der Waals surface area contributed by atoms with Crippen LogP contribution in [-0.4, -0.2) is 53.8 Å². The highest BCUT2D eigenvalue weighted by atomic mass is 16.2. The zero-order valence-corrected chi connectivity index (χ0v) is 15.1. The van der Waals surface area contributed by atoms with Crippen LogP contribution in [0.4, 0.5) is 0 Å². The van der Waals surface area contributed by atoms with Crippen LogP contribution in [0, 0.1) is 17.8 Å². The van der Waals surface area contributed by atoms with Crippen LogP contribution in [0.25, 0.3) is 0 Å². The van der Waals surface area contributed by atoms with Crippen molar-refractivity contribution in [2.75, 3.05) is 26.2 Å². The van der Waals surface area contributed by atoms with Crippen LogP contribution in [0.1, 0.15) is 58.3 Å². The molecule has 1 aliphatic carbocycles. The molecule has 24 heavy (non-hydrogen) atoms. The van der Waals surface area contributed by atoms with Gasteiger partial charge in [-0.1, -0.05) is 13.3 Å². The minimum Gasteiger partial charge on any atom is -0.342 e. The van der Waals surface area contributed by atoms with Gasteiger partial charge in [0.1, 0.15) is 0 Å². The van der Waals surface area contributed by atoms with E-state index < -0.39 is 0 Å². The molecular formula is C19H33N3O2. The first-order valence-electron chi connectivity index (χ1n) is 9.87. The molecule has 5 nitrogen and oxygen atoms in total. The normalized spacial score (nSPS) is 30.4. The molecule has 2 N–H and O–H groups in total. The van der Waals surface area contributed by atoms with E-state index >= 15 is 0 Å². The van der Waals surface area contributed by atoms with Crippen molar-refractivity contribution in [2.45, 2.75) is 64.3 Å². The summed E-state index contributed by atoms with van der Waals surface area (Å²) in [6.07, 6.45) is 7.86. The van der Waals surface area contributed by atoms with E-state index in [9.17, 15) is 9.59 Å². The molecule has 0 radical (unpaired) electrons. The second-order valence-electron chi connectivity index (χ2n) is 8.23. The summed E-state index contributed by atoms with van der Waals surface area (Å²) in [4.78, 5) is 29.4.